The lowest BCUT2D eigenvalue weighted by molar-refractivity contribution is -0.144. The molecular weight excluding hydrogens is 546 g/mol. The molecule has 2 aromatic rings. The number of rotatable bonds is 12. The first-order chi connectivity index (χ1) is 18.3. The summed E-state index contributed by atoms with van der Waals surface area (Å²) in [4.78, 5) is 15.5. The van der Waals surface area contributed by atoms with Crippen molar-refractivity contribution in [3.63, 3.8) is 0 Å². The van der Waals surface area contributed by atoms with Gasteiger partial charge in [-0.2, -0.15) is 0 Å². The standard InChI is InChI=1S/C30H47N3O5S2/c1-10-11-12-13-22-31(39(35,36)26-18-14-24(2)15-19-26)32(40(37,38)27-20-16-25(3)17-21-27)23-28(34)33(29(4,5)6)30(7,8)9/h14-21H,10-13,22-23H2,1-9H3. The first kappa shape index (κ1) is 33.9. The van der Waals surface area contributed by atoms with Crippen LogP contribution >= 0.6 is 0 Å². The van der Waals surface area contributed by atoms with Crippen LogP contribution in [0.25, 0.3) is 0 Å². The molecule has 10 heteroatoms. The summed E-state index contributed by atoms with van der Waals surface area (Å²) in [6, 6.07) is 12.5. The van der Waals surface area contributed by atoms with E-state index in [9.17, 15) is 21.6 Å². The minimum absolute atomic E-state index is 0.0337. The van der Waals surface area contributed by atoms with Gasteiger partial charge in [-0.15, -0.1) is 8.83 Å². The van der Waals surface area contributed by atoms with Gasteiger partial charge in [0.05, 0.1) is 9.79 Å². The Morgan fingerprint density at radius 3 is 1.43 bits per heavy atom. The highest BCUT2D eigenvalue weighted by Gasteiger charge is 2.43. The van der Waals surface area contributed by atoms with Crippen molar-refractivity contribution in [2.45, 2.75) is 109 Å². The lowest BCUT2D eigenvalue weighted by atomic mass is 9.96. The lowest BCUT2D eigenvalue weighted by Crippen LogP contribution is -2.60. The van der Waals surface area contributed by atoms with Crippen molar-refractivity contribution in [1.82, 2.24) is 13.7 Å². The van der Waals surface area contributed by atoms with Crippen molar-refractivity contribution in [1.29, 1.82) is 0 Å². The largest absolute Gasteiger partial charge is 0.332 e. The molecule has 2 aromatic carbocycles. The number of hydrazine groups is 1. The number of nitrogens with zero attached hydrogens (tertiary/aromatic N) is 3. The number of carbonyl (C=O) groups excluding carboxylic acids is 1. The van der Waals surface area contributed by atoms with E-state index in [1.54, 1.807) is 29.2 Å². The van der Waals surface area contributed by atoms with Crippen molar-refractivity contribution in [3.8, 4) is 0 Å². The fourth-order valence-corrected chi connectivity index (χ4v) is 8.16. The molecule has 0 saturated carbocycles. The zero-order valence-corrected chi connectivity index (χ0v) is 27.2. The maximum absolute atomic E-state index is 14.2. The summed E-state index contributed by atoms with van der Waals surface area (Å²) in [6.07, 6.45) is 2.97. The molecule has 40 heavy (non-hydrogen) atoms. The number of aryl methyl sites for hydroxylation is 2. The van der Waals surface area contributed by atoms with Gasteiger partial charge >= 0.3 is 0 Å². The Morgan fingerprint density at radius 2 is 1.05 bits per heavy atom. The van der Waals surface area contributed by atoms with E-state index in [0.29, 0.717) is 6.42 Å². The van der Waals surface area contributed by atoms with Crippen LogP contribution in [0.1, 0.15) is 85.3 Å². The highest BCUT2D eigenvalue weighted by molar-refractivity contribution is 7.92. The molecule has 224 valence electrons. The quantitative estimate of drug-likeness (QED) is 0.225. The number of hydrogen-bond acceptors (Lipinski definition) is 5. The van der Waals surface area contributed by atoms with E-state index < -0.39 is 43.6 Å². The van der Waals surface area contributed by atoms with Crippen LogP contribution in [0, 0.1) is 13.8 Å². The molecule has 0 saturated heterocycles. The van der Waals surface area contributed by atoms with Crippen LogP contribution in [0.4, 0.5) is 0 Å². The van der Waals surface area contributed by atoms with Gasteiger partial charge in [0.1, 0.15) is 6.54 Å². The van der Waals surface area contributed by atoms with Crippen molar-refractivity contribution in [2.75, 3.05) is 13.1 Å². The predicted molar refractivity (Wildman–Crippen MR) is 161 cm³/mol. The normalized spacial score (nSPS) is 13.2. The number of hydrogen-bond donors (Lipinski definition) is 0. The third-order valence-electron chi connectivity index (χ3n) is 6.51. The molecule has 0 bridgehead atoms. The van der Waals surface area contributed by atoms with Crippen LogP contribution in [0.15, 0.2) is 58.3 Å². The zero-order chi connectivity index (χ0) is 30.5. The molecule has 0 aliphatic carbocycles. The van der Waals surface area contributed by atoms with Crippen LogP contribution in [-0.2, 0) is 24.8 Å². The number of sulfonamides is 2. The number of carbonyl (C=O) groups is 1. The molecule has 1 amide bonds. The molecule has 0 aliphatic rings. The Balaban J connectivity index is 2.77. The molecule has 0 unspecified atom stereocenters. The first-order valence-corrected chi connectivity index (χ1v) is 16.7. The van der Waals surface area contributed by atoms with Gasteiger partial charge < -0.3 is 4.90 Å². The lowest BCUT2D eigenvalue weighted by Gasteiger charge is -2.46. The average Bonchev–Trinajstić information content (AvgIpc) is 2.81. The summed E-state index contributed by atoms with van der Waals surface area (Å²) in [6.45, 7) is 16.2. The maximum atomic E-state index is 14.2. The van der Waals surface area contributed by atoms with Gasteiger partial charge in [0, 0.05) is 17.6 Å². The Labute approximate surface area is 242 Å². The summed E-state index contributed by atoms with van der Waals surface area (Å²) in [5.41, 5.74) is 0.447. The summed E-state index contributed by atoms with van der Waals surface area (Å²) in [5, 5.41) is 0. The third kappa shape index (κ3) is 8.38. The van der Waals surface area contributed by atoms with Crippen LogP contribution in [0.5, 0.6) is 0 Å². The fourth-order valence-electron chi connectivity index (χ4n) is 4.91. The van der Waals surface area contributed by atoms with Crippen LogP contribution in [0.3, 0.4) is 0 Å². The molecule has 0 spiro atoms. The summed E-state index contributed by atoms with van der Waals surface area (Å²) < 4.78 is 58.3. The van der Waals surface area contributed by atoms with Gasteiger partial charge in [0.2, 0.25) is 5.91 Å². The van der Waals surface area contributed by atoms with Gasteiger partial charge in [-0.3, -0.25) is 4.79 Å². The number of amides is 1. The van der Waals surface area contributed by atoms with Gasteiger partial charge in [-0.05, 0) is 86.1 Å². The van der Waals surface area contributed by atoms with E-state index in [4.69, 9.17) is 0 Å². The highest BCUT2D eigenvalue weighted by atomic mass is 32.2. The Bertz CT molecular complexity index is 1330. The van der Waals surface area contributed by atoms with Crippen LogP contribution in [-0.4, -0.2) is 60.6 Å². The minimum atomic E-state index is -4.45. The molecule has 0 aromatic heterocycles. The molecule has 0 radical (unpaired) electrons. The highest BCUT2D eigenvalue weighted by Crippen LogP contribution is 2.29. The second kappa shape index (κ2) is 13.1. The van der Waals surface area contributed by atoms with E-state index in [1.807, 2.05) is 62.3 Å². The summed E-state index contributed by atoms with van der Waals surface area (Å²) in [7, 11) is -8.78. The number of benzene rings is 2. The van der Waals surface area contributed by atoms with Gasteiger partial charge in [0.15, 0.2) is 0 Å². The van der Waals surface area contributed by atoms with Crippen LogP contribution in [0.2, 0.25) is 0 Å². The topological polar surface area (TPSA) is 95.1 Å². The van der Waals surface area contributed by atoms with E-state index in [-0.39, 0.29) is 16.3 Å². The monoisotopic (exact) mass is 593 g/mol. The first-order valence-electron chi connectivity index (χ1n) is 13.9. The Hall–Kier alpha value is -2.27. The van der Waals surface area contributed by atoms with Crippen LogP contribution < -0.4 is 0 Å². The van der Waals surface area contributed by atoms with Crippen molar-refractivity contribution < 1.29 is 21.6 Å². The number of unbranched alkanes of at least 4 members (excludes halogenated alkanes) is 3. The second-order valence-electron chi connectivity index (χ2n) is 12.3. The summed E-state index contributed by atoms with van der Waals surface area (Å²) in [5.74, 6) is -0.492. The fraction of sp³-hybridized carbons (Fsp3) is 0.567. The molecule has 8 nitrogen and oxygen atoms in total. The van der Waals surface area contributed by atoms with Gasteiger partial charge in [0.25, 0.3) is 20.0 Å². The second-order valence-corrected chi connectivity index (χ2v) is 16.0. The van der Waals surface area contributed by atoms with Gasteiger partial charge in [-0.1, -0.05) is 61.6 Å². The smallest absolute Gasteiger partial charge is 0.257 e. The molecule has 0 aliphatic heterocycles. The molecule has 0 atom stereocenters. The van der Waals surface area contributed by atoms with Crippen molar-refractivity contribution in [2.24, 2.45) is 0 Å². The molecular formula is C30H47N3O5S2. The van der Waals surface area contributed by atoms with E-state index in [1.165, 1.54) is 24.3 Å². The third-order valence-corrected chi connectivity index (χ3v) is 10.2. The molecule has 0 heterocycles. The maximum Gasteiger partial charge on any atom is 0.257 e. The summed E-state index contributed by atoms with van der Waals surface area (Å²) >= 11 is 0. The predicted octanol–water partition coefficient (Wildman–Crippen LogP) is 5.91. The van der Waals surface area contributed by atoms with E-state index in [0.717, 1.165) is 39.2 Å². The van der Waals surface area contributed by atoms with Crippen molar-refractivity contribution >= 4 is 26.0 Å². The van der Waals surface area contributed by atoms with E-state index in [2.05, 4.69) is 0 Å². The molecule has 0 fully saturated rings. The van der Waals surface area contributed by atoms with Crippen molar-refractivity contribution in [3.05, 3.63) is 59.7 Å². The Kier molecular flexibility index (Phi) is 11.2. The minimum Gasteiger partial charge on any atom is -0.332 e. The molecule has 0 N–H and O–H groups in total. The average molecular weight is 594 g/mol. The zero-order valence-electron chi connectivity index (χ0n) is 25.6. The Morgan fingerprint density at radius 1 is 0.650 bits per heavy atom. The SMILES string of the molecule is CCCCCCN(N(CC(=O)N(C(C)(C)C)C(C)(C)C)S(=O)(=O)c1ccc(C)cc1)S(=O)(=O)c1ccc(C)cc1. The van der Waals surface area contributed by atoms with Gasteiger partial charge in [-0.25, -0.2) is 16.8 Å². The molecule has 2 rings (SSSR count). The van der Waals surface area contributed by atoms with E-state index >= 15 is 0 Å².